The van der Waals surface area contributed by atoms with Gasteiger partial charge in [0, 0.05) is 12.2 Å². The SMILES string of the molecule is CCCCCCC(C)NS(=O)(=O)c1ncccc1NN. The van der Waals surface area contributed by atoms with Crippen LogP contribution < -0.4 is 16.0 Å². The third kappa shape index (κ3) is 5.07. The van der Waals surface area contributed by atoms with Gasteiger partial charge in [-0.2, -0.15) is 0 Å². The number of nitrogens with zero attached hydrogens (tertiary/aromatic N) is 1. The van der Waals surface area contributed by atoms with Crippen LogP contribution in [-0.2, 0) is 10.0 Å². The average molecular weight is 300 g/mol. The maximum absolute atomic E-state index is 12.2. The highest BCUT2D eigenvalue weighted by molar-refractivity contribution is 7.89. The van der Waals surface area contributed by atoms with Crippen molar-refractivity contribution in [3.8, 4) is 0 Å². The number of sulfonamides is 1. The highest BCUT2D eigenvalue weighted by Gasteiger charge is 2.21. The molecule has 7 heteroatoms. The number of hydrogen-bond donors (Lipinski definition) is 3. The zero-order valence-corrected chi connectivity index (χ0v) is 12.9. The minimum absolute atomic E-state index is 0.0668. The predicted octanol–water partition coefficient (Wildman–Crippen LogP) is 2.00. The van der Waals surface area contributed by atoms with E-state index >= 15 is 0 Å². The maximum Gasteiger partial charge on any atom is 0.260 e. The number of nitrogens with one attached hydrogen (secondary N) is 2. The van der Waals surface area contributed by atoms with Gasteiger partial charge in [0.15, 0.2) is 5.03 Å². The number of nitrogen functional groups attached to an aromatic ring is 1. The Hall–Kier alpha value is -1.18. The van der Waals surface area contributed by atoms with E-state index in [-0.39, 0.29) is 16.8 Å². The van der Waals surface area contributed by atoms with Crippen molar-refractivity contribution < 1.29 is 8.42 Å². The lowest BCUT2D eigenvalue weighted by Crippen LogP contribution is -2.33. The van der Waals surface area contributed by atoms with Crippen molar-refractivity contribution in [2.45, 2.75) is 57.0 Å². The molecular weight excluding hydrogens is 276 g/mol. The van der Waals surface area contributed by atoms with E-state index in [0.29, 0.717) is 0 Å². The van der Waals surface area contributed by atoms with Crippen molar-refractivity contribution in [1.29, 1.82) is 0 Å². The Kier molecular flexibility index (Phi) is 6.90. The lowest BCUT2D eigenvalue weighted by atomic mass is 10.1. The van der Waals surface area contributed by atoms with Crippen LogP contribution in [0.15, 0.2) is 23.4 Å². The van der Waals surface area contributed by atoms with Gasteiger partial charge in [-0.1, -0.05) is 32.6 Å². The minimum Gasteiger partial charge on any atom is -0.321 e. The van der Waals surface area contributed by atoms with Crippen LogP contribution in [0.2, 0.25) is 0 Å². The Labute approximate surface area is 121 Å². The van der Waals surface area contributed by atoms with Crippen LogP contribution in [0.1, 0.15) is 46.0 Å². The molecule has 0 amide bonds. The summed E-state index contributed by atoms with van der Waals surface area (Å²) in [4.78, 5) is 3.89. The maximum atomic E-state index is 12.2. The molecule has 20 heavy (non-hydrogen) atoms. The average Bonchev–Trinajstić information content (AvgIpc) is 2.43. The Morgan fingerprint density at radius 2 is 2.10 bits per heavy atom. The van der Waals surface area contributed by atoms with Crippen molar-refractivity contribution in [3.05, 3.63) is 18.3 Å². The first-order valence-electron chi connectivity index (χ1n) is 6.95. The van der Waals surface area contributed by atoms with E-state index in [0.717, 1.165) is 19.3 Å². The fourth-order valence-corrected chi connectivity index (χ4v) is 3.35. The van der Waals surface area contributed by atoms with Gasteiger partial charge in [-0.25, -0.2) is 18.1 Å². The molecule has 0 spiro atoms. The van der Waals surface area contributed by atoms with Crippen LogP contribution in [0, 0.1) is 0 Å². The molecule has 4 N–H and O–H groups in total. The van der Waals surface area contributed by atoms with Crippen molar-refractivity contribution >= 4 is 15.7 Å². The number of hydrazine groups is 1. The van der Waals surface area contributed by atoms with Gasteiger partial charge in [0.2, 0.25) is 0 Å². The number of pyridine rings is 1. The minimum atomic E-state index is -3.65. The molecule has 1 heterocycles. The van der Waals surface area contributed by atoms with Gasteiger partial charge in [0.1, 0.15) is 0 Å². The van der Waals surface area contributed by atoms with Gasteiger partial charge in [-0.15, -0.1) is 0 Å². The molecular formula is C13H24N4O2S. The van der Waals surface area contributed by atoms with E-state index in [9.17, 15) is 8.42 Å². The number of anilines is 1. The predicted molar refractivity (Wildman–Crippen MR) is 80.6 cm³/mol. The molecule has 0 aliphatic rings. The number of nitrogens with two attached hydrogens (primary N) is 1. The Morgan fingerprint density at radius 1 is 1.35 bits per heavy atom. The van der Waals surface area contributed by atoms with Crippen LogP contribution in [0.4, 0.5) is 5.69 Å². The lowest BCUT2D eigenvalue weighted by molar-refractivity contribution is 0.520. The first kappa shape index (κ1) is 16.9. The summed E-state index contributed by atoms with van der Waals surface area (Å²) in [6.07, 6.45) is 6.74. The van der Waals surface area contributed by atoms with Gasteiger partial charge in [0.05, 0.1) is 5.69 Å². The summed E-state index contributed by atoms with van der Waals surface area (Å²) in [5, 5.41) is -0.0668. The topological polar surface area (TPSA) is 97.1 Å². The van der Waals surface area contributed by atoms with E-state index in [1.807, 2.05) is 6.92 Å². The second-order valence-electron chi connectivity index (χ2n) is 4.87. The van der Waals surface area contributed by atoms with Crippen molar-refractivity contribution in [2.24, 2.45) is 5.84 Å². The highest BCUT2D eigenvalue weighted by Crippen LogP contribution is 2.17. The quantitative estimate of drug-likeness (QED) is 0.368. The number of rotatable bonds is 9. The second-order valence-corrected chi connectivity index (χ2v) is 6.50. The molecule has 0 saturated heterocycles. The molecule has 6 nitrogen and oxygen atoms in total. The fraction of sp³-hybridized carbons (Fsp3) is 0.615. The molecule has 0 radical (unpaired) electrons. The summed E-state index contributed by atoms with van der Waals surface area (Å²) in [7, 11) is -3.65. The molecule has 1 rings (SSSR count). The zero-order valence-electron chi connectivity index (χ0n) is 12.1. The zero-order chi connectivity index (χ0) is 15.0. The summed E-state index contributed by atoms with van der Waals surface area (Å²) >= 11 is 0. The number of hydrogen-bond acceptors (Lipinski definition) is 5. The largest absolute Gasteiger partial charge is 0.321 e. The molecule has 1 aromatic rings. The molecule has 0 fully saturated rings. The molecule has 0 aliphatic carbocycles. The van der Waals surface area contributed by atoms with Crippen molar-refractivity contribution in [2.75, 3.05) is 5.43 Å². The molecule has 1 atom stereocenters. The van der Waals surface area contributed by atoms with Crippen LogP contribution in [0.25, 0.3) is 0 Å². The summed E-state index contributed by atoms with van der Waals surface area (Å²) < 4.78 is 27.1. The van der Waals surface area contributed by atoms with E-state index < -0.39 is 10.0 Å². The van der Waals surface area contributed by atoms with Crippen LogP contribution in [0.3, 0.4) is 0 Å². The molecule has 0 aromatic carbocycles. The van der Waals surface area contributed by atoms with Crippen LogP contribution in [0.5, 0.6) is 0 Å². The smallest absolute Gasteiger partial charge is 0.260 e. The fourth-order valence-electron chi connectivity index (χ4n) is 1.97. The van der Waals surface area contributed by atoms with E-state index in [1.165, 1.54) is 19.0 Å². The molecule has 0 bridgehead atoms. The normalized spacial score (nSPS) is 13.2. The monoisotopic (exact) mass is 300 g/mol. The Balaban J connectivity index is 2.65. The van der Waals surface area contributed by atoms with Gasteiger partial charge >= 0.3 is 0 Å². The van der Waals surface area contributed by atoms with Gasteiger partial charge in [-0.05, 0) is 25.5 Å². The van der Waals surface area contributed by atoms with E-state index in [1.54, 1.807) is 12.1 Å². The highest BCUT2D eigenvalue weighted by atomic mass is 32.2. The second kappa shape index (κ2) is 8.18. The first-order chi connectivity index (χ1) is 9.51. The third-order valence-electron chi connectivity index (χ3n) is 3.03. The molecule has 0 saturated carbocycles. The van der Waals surface area contributed by atoms with Gasteiger partial charge in [-0.3, -0.25) is 5.84 Å². The number of unbranched alkanes of at least 4 members (excludes halogenated alkanes) is 3. The molecule has 1 unspecified atom stereocenters. The van der Waals surface area contributed by atoms with Crippen molar-refractivity contribution in [3.63, 3.8) is 0 Å². The standard InChI is InChI=1S/C13H24N4O2S/c1-3-4-5-6-8-11(2)17-20(18,19)13-12(16-14)9-7-10-15-13/h7,9-11,16-17H,3-6,8,14H2,1-2H3. The van der Waals surface area contributed by atoms with Gasteiger partial charge in [0.25, 0.3) is 10.0 Å². The van der Waals surface area contributed by atoms with E-state index in [2.05, 4.69) is 22.1 Å². The summed E-state index contributed by atoms with van der Waals surface area (Å²) in [5.74, 6) is 5.31. The Bertz CT molecular complexity index is 505. The Morgan fingerprint density at radius 3 is 2.75 bits per heavy atom. The van der Waals surface area contributed by atoms with Crippen LogP contribution in [-0.4, -0.2) is 19.4 Å². The molecule has 114 valence electrons. The van der Waals surface area contributed by atoms with Crippen molar-refractivity contribution in [1.82, 2.24) is 9.71 Å². The third-order valence-corrected chi connectivity index (χ3v) is 4.58. The first-order valence-corrected chi connectivity index (χ1v) is 8.43. The number of aromatic nitrogens is 1. The summed E-state index contributed by atoms with van der Waals surface area (Å²) in [6, 6.07) is 3.08. The molecule has 1 aromatic heterocycles. The van der Waals surface area contributed by atoms with E-state index in [4.69, 9.17) is 5.84 Å². The summed E-state index contributed by atoms with van der Waals surface area (Å²) in [5.41, 5.74) is 2.64. The lowest BCUT2D eigenvalue weighted by Gasteiger charge is -2.15. The van der Waals surface area contributed by atoms with Crippen LogP contribution >= 0.6 is 0 Å². The summed E-state index contributed by atoms with van der Waals surface area (Å²) in [6.45, 7) is 4.01. The van der Waals surface area contributed by atoms with Gasteiger partial charge < -0.3 is 5.43 Å². The molecule has 0 aliphatic heterocycles.